The molecule has 0 amide bonds. The van der Waals surface area contributed by atoms with E-state index in [9.17, 15) is 0 Å². The Morgan fingerprint density at radius 2 is 1.80 bits per heavy atom. The molecule has 4 rings (SSSR count). The van der Waals surface area contributed by atoms with Gasteiger partial charge in [-0.05, 0) is 18.9 Å². The third kappa shape index (κ3) is 3.19. The Hall–Kier alpha value is -2.90. The number of hydrogen-bond donors (Lipinski definition) is 1. The Balaban J connectivity index is 1.42. The Morgan fingerprint density at radius 1 is 1.04 bits per heavy atom. The number of nitrogens with zero attached hydrogens (tertiary/aromatic N) is 7. The van der Waals surface area contributed by atoms with E-state index in [1.165, 1.54) is 0 Å². The molecule has 4 heterocycles. The molecule has 8 heteroatoms. The third-order valence-electron chi connectivity index (χ3n) is 4.48. The van der Waals surface area contributed by atoms with Crippen LogP contribution in [0.1, 0.15) is 12.8 Å². The van der Waals surface area contributed by atoms with Crippen LogP contribution in [-0.4, -0.2) is 57.6 Å². The third-order valence-corrected chi connectivity index (χ3v) is 4.48. The van der Waals surface area contributed by atoms with Gasteiger partial charge in [0.1, 0.15) is 5.82 Å². The molecule has 0 saturated carbocycles. The van der Waals surface area contributed by atoms with Crippen LogP contribution in [0.15, 0.2) is 37.1 Å². The van der Waals surface area contributed by atoms with Gasteiger partial charge in [-0.15, -0.1) is 0 Å². The van der Waals surface area contributed by atoms with Crippen molar-refractivity contribution in [1.82, 2.24) is 24.3 Å². The number of aromatic nitrogens is 5. The second-order valence-corrected chi connectivity index (χ2v) is 6.45. The summed E-state index contributed by atoms with van der Waals surface area (Å²) in [6.07, 6.45) is 11.4. The van der Waals surface area contributed by atoms with Gasteiger partial charge < -0.3 is 19.5 Å². The van der Waals surface area contributed by atoms with Gasteiger partial charge in [0.2, 0.25) is 5.95 Å². The zero-order chi connectivity index (χ0) is 17.2. The van der Waals surface area contributed by atoms with Crippen LogP contribution in [0.3, 0.4) is 0 Å². The second-order valence-electron chi connectivity index (χ2n) is 6.45. The molecule has 0 aromatic carbocycles. The van der Waals surface area contributed by atoms with Crippen molar-refractivity contribution in [2.45, 2.75) is 18.9 Å². The molecule has 0 bridgehead atoms. The lowest BCUT2D eigenvalue weighted by Gasteiger charge is -2.33. The van der Waals surface area contributed by atoms with E-state index in [4.69, 9.17) is 0 Å². The Bertz CT molecular complexity index is 850. The summed E-state index contributed by atoms with van der Waals surface area (Å²) in [6.45, 7) is 1.89. The van der Waals surface area contributed by atoms with Crippen LogP contribution in [0.5, 0.6) is 0 Å². The smallest absolute Gasteiger partial charge is 0.226 e. The number of fused-ring (bicyclic) bond motifs is 1. The zero-order valence-corrected chi connectivity index (χ0v) is 14.5. The topological polar surface area (TPSA) is 74.5 Å². The summed E-state index contributed by atoms with van der Waals surface area (Å²) in [7, 11) is 3.89. The minimum atomic E-state index is 0.403. The van der Waals surface area contributed by atoms with Crippen LogP contribution in [0, 0.1) is 0 Å². The molecule has 0 radical (unpaired) electrons. The Kier molecular flexibility index (Phi) is 4.09. The summed E-state index contributed by atoms with van der Waals surface area (Å²) in [4.78, 5) is 22.0. The van der Waals surface area contributed by atoms with E-state index in [2.05, 4.69) is 30.2 Å². The predicted molar refractivity (Wildman–Crippen MR) is 98.2 cm³/mol. The minimum Gasteiger partial charge on any atom is -0.367 e. The standard InChI is InChI=1S/C17H22N8/c1-23(2)17-20-6-3-14(22-17)21-13-4-9-24(10-5-13)15-16-19-8-12-25(16)11-7-18-15/h3,6-8,11-13H,4-5,9-10H2,1-2H3,(H,20,21,22). The van der Waals surface area contributed by atoms with Crippen LogP contribution in [0.2, 0.25) is 0 Å². The van der Waals surface area contributed by atoms with Crippen LogP contribution < -0.4 is 15.1 Å². The summed E-state index contributed by atoms with van der Waals surface area (Å²) in [5.74, 6) is 2.56. The van der Waals surface area contributed by atoms with Gasteiger partial charge in [-0.25, -0.2) is 15.0 Å². The summed E-state index contributed by atoms with van der Waals surface area (Å²) in [5.41, 5.74) is 0.917. The quantitative estimate of drug-likeness (QED) is 0.775. The molecular weight excluding hydrogens is 316 g/mol. The minimum absolute atomic E-state index is 0.403. The first-order valence-corrected chi connectivity index (χ1v) is 8.50. The summed E-state index contributed by atoms with van der Waals surface area (Å²) >= 11 is 0. The van der Waals surface area contributed by atoms with Crippen molar-refractivity contribution < 1.29 is 0 Å². The lowest BCUT2D eigenvalue weighted by Crippen LogP contribution is -2.40. The highest BCUT2D eigenvalue weighted by atomic mass is 15.2. The summed E-state index contributed by atoms with van der Waals surface area (Å²) < 4.78 is 2.01. The highest BCUT2D eigenvalue weighted by Gasteiger charge is 2.22. The molecule has 0 spiro atoms. The molecule has 25 heavy (non-hydrogen) atoms. The van der Waals surface area contributed by atoms with Gasteiger partial charge in [0, 0.05) is 64.2 Å². The van der Waals surface area contributed by atoms with Gasteiger partial charge in [0.05, 0.1) is 0 Å². The molecule has 1 aliphatic heterocycles. The van der Waals surface area contributed by atoms with Crippen molar-refractivity contribution in [3.63, 3.8) is 0 Å². The van der Waals surface area contributed by atoms with Crippen LogP contribution >= 0.6 is 0 Å². The maximum atomic E-state index is 4.54. The van der Waals surface area contributed by atoms with Crippen molar-refractivity contribution >= 4 is 23.2 Å². The van der Waals surface area contributed by atoms with E-state index in [0.29, 0.717) is 6.04 Å². The predicted octanol–water partition coefficient (Wildman–Crippen LogP) is 1.67. The first-order chi connectivity index (χ1) is 12.2. The molecule has 0 unspecified atom stereocenters. The van der Waals surface area contributed by atoms with Crippen molar-refractivity contribution in [1.29, 1.82) is 0 Å². The molecule has 0 aliphatic carbocycles. The molecule has 1 saturated heterocycles. The van der Waals surface area contributed by atoms with E-state index in [0.717, 1.165) is 49.2 Å². The van der Waals surface area contributed by atoms with Crippen molar-refractivity contribution in [2.75, 3.05) is 42.3 Å². The summed E-state index contributed by atoms with van der Waals surface area (Å²) in [5, 5.41) is 3.53. The zero-order valence-electron chi connectivity index (χ0n) is 14.5. The van der Waals surface area contributed by atoms with Crippen molar-refractivity contribution in [2.24, 2.45) is 0 Å². The molecule has 0 atom stereocenters. The average molecular weight is 338 g/mol. The van der Waals surface area contributed by atoms with Crippen LogP contribution in [-0.2, 0) is 0 Å². The monoisotopic (exact) mass is 338 g/mol. The Morgan fingerprint density at radius 3 is 2.56 bits per heavy atom. The maximum Gasteiger partial charge on any atom is 0.226 e. The van der Waals surface area contributed by atoms with Gasteiger partial charge in [-0.2, -0.15) is 4.98 Å². The van der Waals surface area contributed by atoms with E-state index in [1.54, 1.807) is 6.20 Å². The first kappa shape index (κ1) is 15.6. The molecular formula is C17H22N8. The SMILES string of the molecule is CN(C)c1nccc(NC2CCN(c3nccn4ccnc34)CC2)n1. The largest absolute Gasteiger partial charge is 0.367 e. The van der Waals surface area contributed by atoms with Crippen LogP contribution in [0.25, 0.3) is 5.65 Å². The van der Waals surface area contributed by atoms with E-state index in [1.807, 2.05) is 54.2 Å². The van der Waals surface area contributed by atoms with E-state index in [-0.39, 0.29) is 0 Å². The number of rotatable bonds is 4. The second kappa shape index (κ2) is 6.54. The molecule has 3 aromatic heterocycles. The summed E-state index contributed by atoms with van der Waals surface area (Å²) in [6, 6.07) is 2.33. The number of hydrogen-bond acceptors (Lipinski definition) is 7. The van der Waals surface area contributed by atoms with Gasteiger partial charge in [-0.1, -0.05) is 0 Å². The lowest BCUT2D eigenvalue weighted by molar-refractivity contribution is 0.522. The molecule has 8 nitrogen and oxygen atoms in total. The van der Waals surface area contributed by atoms with Crippen molar-refractivity contribution in [3.05, 3.63) is 37.1 Å². The first-order valence-electron chi connectivity index (χ1n) is 8.50. The van der Waals surface area contributed by atoms with Crippen molar-refractivity contribution in [3.8, 4) is 0 Å². The van der Waals surface area contributed by atoms with Gasteiger partial charge in [0.15, 0.2) is 11.5 Å². The van der Waals surface area contributed by atoms with E-state index >= 15 is 0 Å². The fraction of sp³-hybridized carbons (Fsp3) is 0.412. The lowest BCUT2D eigenvalue weighted by atomic mass is 10.1. The number of anilines is 3. The van der Waals surface area contributed by atoms with Gasteiger partial charge in [-0.3, -0.25) is 0 Å². The molecule has 1 fully saturated rings. The van der Waals surface area contributed by atoms with E-state index < -0.39 is 0 Å². The number of imidazole rings is 1. The fourth-order valence-corrected chi connectivity index (χ4v) is 3.15. The van der Waals surface area contributed by atoms with Gasteiger partial charge in [0.25, 0.3) is 0 Å². The maximum absolute atomic E-state index is 4.54. The Labute approximate surface area is 146 Å². The normalized spacial score (nSPS) is 15.5. The molecule has 3 aromatic rings. The number of piperidine rings is 1. The average Bonchev–Trinajstić information content (AvgIpc) is 3.11. The fourth-order valence-electron chi connectivity index (χ4n) is 3.15. The molecule has 1 aliphatic rings. The molecule has 1 N–H and O–H groups in total. The highest BCUT2D eigenvalue weighted by Crippen LogP contribution is 2.23. The van der Waals surface area contributed by atoms with Crippen LogP contribution in [0.4, 0.5) is 17.6 Å². The number of nitrogens with one attached hydrogen (secondary N) is 1. The molecule has 130 valence electrons. The highest BCUT2D eigenvalue weighted by molar-refractivity contribution is 5.64. The van der Waals surface area contributed by atoms with Gasteiger partial charge >= 0.3 is 0 Å².